The first-order valence-electron chi connectivity index (χ1n) is 11.4. The number of allylic oxidation sites excluding steroid dienone is 2. The van der Waals surface area contributed by atoms with E-state index >= 15 is 0 Å². The summed E-state index contributed by atoms with van der Waals surface area (Å²) in [7, 11) is -4.81. The molecule has 0 aromatic carbocycles. The summed E-state index contributed by atoms with van der Waals surface area (Å²) in [6, 6.07) is 0. The first-order valence-corrected chi connectivity index (χ1v) is 12.8. The van der Waals surface area contributed by atoms with Crippen LogP contribution in [-0.2, 0) is 29.0 Å². The molecule has 9 nitrogen and oxygen atoms in total. The van der Waals surface area contributed by atoms with E-state index in [1.54, 1.807) is 0 Å². The van der Waals surface area contributed by atoms with Crippen molar-refractivity contribution in [3.8, 4) is 0 Å². The van der Waals surface area contributed by atoms with Crippen LogP contribution in [0.25, 0.3) is 0 Å². The van der Waals surface area contributed by atoms with Crippen LogP contribution < -0.4 is 64.8 Å². The van der Waals surface area contributed by atoms with Crippen LogP contribution in [0.5, 0.6) is 0 Å². The molecule has 0 fully saturated rings. The van der Waals surface area contributed by atoms with Gasteiger partial charge in [-0.3, -0.25) is 18.9 Å². The van der Waals surface area contributed by atoms with Gasteiger partial charge in [0.15, 0.2) is 0 Å². The largest absolute Gasteiger partial charge is 1.00 e. The van der Waals surface area contributed by atoms with Gasteiger partial charge in [0.1, 0.15) is 0 Å². The Morgan fingerprint density at radius 1 is 0.794 bits per heavy atom. The van der Waals surface area contributed by atoms with E-state index in [1.807, 2.05) is 0 Å². The third-order valence-electron chi connectivity index (χ3n) is 4.43. The summed E-state index contributed by atoms with van der Waals surface area (Å²) in [5.74, 6) is -2.73. The van der Waals surface area contributed by atoms with Crippen molar-refractivity contribution in [2.45, 2.75) is 110 Å². The van der Waals surface area contributed by atoms with Crippen LogP contribution in [0.4, 0.5) is 0 Å². The molecule has 0 heterocycles. The second kappa shape index (κ2) is 29.3. The van der Waals surface area contributed by atoms with Gasteiger partial charge < -0.3 is 17.9 Å². The van der Waals surface area contributed by atoms with Gasteiger partial charge in [0.25, 0.3) is 0 Å². The SMILES string of the molecule is CCCCCCCC/C=C\CCCCCCCC(N)=O.O=C(O)CCC(=O)OS(=O)(=O)O.[H-].[H-].[Na+].[Na+]. The maximum atomic E-state index is 10.5. The molecule has 0 aliphatic rings. The number of nitrogens with two attached hydrogens (primary N) is 1. The van der Waals surface area contributed by atoms with E-state index in [2.05, 4.69) is 23.3 Å². The third kappa shape index (κ3) is 42.2. The summed E-state index contributed by atoms with van der Waals surface area (Å²) in [5.41, 5.74) is 5.10. The Labute approximate surface area is 252 Å². The Morgan fingerprint density at radius 3 is 1.65 bits per heavy atom. The Bertz CT molecular complexity index is 654. The number of amides is 1. The van der Waals surface area contributed by atoms with E-state index < -0.39 is 35.2 Å². The van der Waals surface area contributed by atoms with E-state index in [0.717, 1.165) is 12.8 Å². The van der Waals surface area contributed by atoms with Crippen LogP contribution in [-0.4, -0.2) is 35.9 Å². The first kappa shape index (κ1) is 41.2. The summed E-state index contributed by atoms with van der Waals surface area (Å²) >= 11 is 0. The molecule has 0 saturated heterocycles. The van der Waals surface area contributed by atoms with Crippen molar-refractivity contribution < 1.29 is 98.6 Å². The van der Waals surface area contributed by atoms with Gasteiger partial charge in [-0.25, -0.2) is 0 Å². The minimum atomic E-state index is -4.81. The van der Waals surface area contributed by atoms with Gasteiger partial charge in [-0.05, 0) is 32.1 Å². The van der Waals surface area contributed by atoms with Crippen LogP contribution in [0.2, 0.25) is 0 Å². The number of rotatable bonds is 19. The zero-order valence-corrected chi connectivity index (χ0v) is 26.1. The molecule has 0 atom stereocenters. The molecule has 0 aliphatic heterocycles. The topological polar surface area (TPSA) is 161 Å². The number of aliphatic carboxylic acids is 1. The van der Waals surface area contributed by atoms with Crippen LogP contribution >= 0.6 is 0 Å². The van der Waals surface area contributed by atoms with Gasteiger partial charge in [-0.15, -0.1) is 0 Å². The van der Waals surface area contributed by atoms with E-state index in [-0.39, 0.29) is 67.9 Å². The van der Waals surface area contributed by atoms with Crippen molar-refractivity contribution in [3.63, 3.8) is 0 Å². The minimum absolute atomic E-state index is 0. The third-order valence-corrected chi connectivity index (χ3v) is 4.82. The van der Waals surface area contributed by atoms with Crippen LogP contribution in [0, 0.1) is 0 Å². The number of carboxylic acids is 1. The molecule has 0 aromatic heterocycles. The molecule has 0 aliphatic carbocycles. The fraction of sp³-hybridized carbons (Fsp3) is 0.773. The summed E-state index contributed by atoms with van der Waals surface area (Å²) in [4.78, 5) is 30.7. The monoisotopic (exact) mass is 527 g/mol. The fourth-order valence-corrected chi connectivity index (χ4v) is 3.06. The Balaban J connectivity index is -0.000000123. The van der Waals surface area contributed by atoms with Crippen LogP contribution in [0.3, 0.4) is 0 Å². The van der Waals surface area contributed by atoms with Gasteiger partial charge in [0.05, 0.1) is 12.8 Å². The molecular weight excluding hydrogens is 484 g/mol. The number of hydrogen-bond acceptors (Lipinski definition) is 6. The Morgan fingerprint density at radius 2 is 1.24 bits per heavy atom. The smallest absolute Gasteiger partial charge is 1.00 e. The van der Waals surface area contributed by atoms with Crippen molar-refractivity contribution in [3.05, 3.63) is 12.2 Å². The Hall–Kier alpha value is 0.0600. The van der Waals surface area contributed by atoms with E-state index in [4.69, 9.17) is 15.4 Å². The number of unbranched alkanes of at least 4 members (excludes halogenated alkanes) is 11. The predicted octanol–water partition coefficient (Wildman–Crippen LogP) is -1.06. The average Bonchev–Trinajstić information content (AvgIpc) is 2.68. The molecule has 12 heteroatoms. The molecule has 0 unspecified atom stereocenters. The first-order chi connectivity index (χ1) is 15.1. The van der Waals surface area contributed by atoms with E-state index in [1.165, 1.54) is 70.6 Å². The fourth-order valence-electron chi connectivity index (χ4n) is 2.74. The molecule has 0 spiro atoms. The van der Waals surface area contributed by atoms with Gasteiger partial charge in [-0.2, -0.15) is 8.42 Å². The number of carbonyl (C=O) groups is 3. The zero-order chi connectivity index (χ0) is 24.7. The molecule has 0 saturated carbocycles. The molecule has 0 rings (SSSR count). The average molecular weight is 528 g/mol. The van der Waals surface area contributed by atoms with E-state index in [0.29, 0.717) is 6.42 Å². The second-order valence-electron chi connectivity index (χ2n) is 7.58. The van der Waals surface area contributed by atoms with Crippen molar-refractivity contribution >= 4 is 28.2 Å². The van der Waals surface area contributed by atoms with Gasteiger partial charge in [-0.1, -0.05) is 70.4 Å². The maximum Gasteiger partial charge on any atom is 1.00 e. The Kier molecular flexibility index (Phi) is 35.5. The van der Waals surface area contributed by atoms with E-state index in [9.17, 15) is 22.8 Å². The van der Waals surface area contributed by atoms with Gasteiger partial charge in [0.2, 0.25) is 5.91 Å². The molecule has 1 amide bonds. The normalized spacial score (nSPS) is 10.4. The number of carboxylic acid groups (broad SMARTS) is 1. The summed E-state index contributed by atoms with van der Waals surface area (Å²) in [5, 5.41) is 8.04. The summed E-state index contributed by atoms with van der Waals surface area (Å²) < 4.78 is 31.1. The van der Waals surface area contributed by atoms with Crippen LogP contribution in [0.15, 0.2) is 12.2 Å². The summed E-state index contributed by atoms with van der Waals surface area (Å²) in [6.07, 6.45) is 20.8. The molecular formula is C22H43NNa2O8S. The predicted molar refractivity (Wildman–Crippen MR) is 125 cm³/mol. The standard InChI is InChI=1S/C18H35NO.C4H6O7S.2Na.2H/c1-2-3-4-5-6-7-8-9-10-11-12-13-14-15-16-17-18(19)20;5-3(6)1-2-4(7)11-12(8,9)10;;;;/h9-10H,2-8,11-17H2,1H3,(H2,19,20);1-2H2,(H,5,6)(H,8,9,10);;;;/q;;2*+1;2*-1/b10-9-;;;;;. The van der Waals surface area contributed by atoms with Crippen molar-refractivity contribution in [2.75, 3.05) is 0 Å². The molecule has 0 radical (unpaired) electrons. The maximum absolute atomic E-state index is 10.5. The second-order valence-corrected chi connectivity index (χ2v) is 8.60. The van der Waals surface area contributed by atoms with Gasteiger partial charge >= 0.3 is 81.5 Å². The quantitative estimate of drug-likeness (QED) is 0.0829. The molecule has 192 valence electrons. The minimum Gasteiger partial charge on any atom is -1.00 e. The number of carbonyl (C=O) groups excluding carboxylic acids is 2. The van der Waals surface area contributed by atoms with Crippen LogP contribution in [0.1, 0.15) is 113 Å². The summed E-state index contributed by atoms with van der Waals surface area (Å²) in [6.45, 7) is 2.26. The number of primary amides is 1. The zero-order valence-electron chi connectivity index (χ0n) is 23.3. The number of hydrogen-bond donors (Lipinski definition) is 3. The van der Waals surface area contributed by atoms with Crippen molar-refractivity contribution in [1.82, 2.24) is 0 Å². The molecule has 4 N–H and O–H groups in total. The molecule has 0 bridgehead atoms. The molecule has 0 aromatic rings. The van der Waals surface area contributed by atoms with Crippen molar-refractivity contribution in [2.24, 2.45) is 5.73 Å². The van der Waals surface area contributed by atoms with Gasteiger partial charge in [0, 0.05) is 6.42 Å². The molecule has 34 heavy (non-hydrogen) atoms. The van der Waals surface area contributed by atoms with Crippen molar-refractivity contribution in [1.29, 1.82) is 0 Å².